The maximum absolute atomic E-state index is 5.39. The van der Waals surface area contributed by atoms with E-state index in [2.05, 4.69) is 6.58 Å². The van der Waals surface area contributed by atoms with Crippen molar-refractivity contribution in [3.05, 3.63) is 42.7 Å². The molecule has 0 spiro atoms. The van der Waals surface area contributed by atoms with Crippen molar-refractivity contribution in [3.63, 3.8) is 0 Å². The van der Waals surface area contributed by atoms with E-state index in [0.717, 1.165) is 11.5 Å². The van der Waals surface area contributed by atoms with Gasteiger partial charge in [0.05, 0.1) is 5.76 Å². The number of benzene rings is 1. The average molecular weight is 178 g/mol. The first kappa shape index (κ1) is 9.65. The van der Waals surface area contributed by atoms with Gasteiger partial charge in [-0.25, -0.2) is 0 Å². The van der Waals surface area contributed by atoms with Gasteiger partial charge < -0.3 is 9.47 Å². The van der Waals surface area contributed by atoms with E-state index in [1.54, 1.807) is 0 Å². The van der Waals surface area contributed by atoms with Gasteiger partial charge in [-0.2, -0.15) is 0 Å². The summed E-state index contributed by atoms with van der Waals surface area (Å²) in [7, 11) is 0. The van der Waals surface area contributed by atoms with Gasteiger partial charge in [-0.15, -0.1) is 0 Å². The van der Waals surface area contributed by atoms with Crippen molar-refractivity contribution in [2.75, 3.05) is 13.2 Å². The second-order valence-electron chi connectivity index (χ2n) is 2.71. The molecule has 0 aromatic heterocycles. The van der Waals surface area contributed by atoms with Crippen molar-refractivity contribution < 1.29 is 9.47 Å². The molecule has 0 unspecified atom stereocenters. The third-order valence-electron chi connectivity index (χ3n) is 1.44. The highest BCUT2D eigenvalue weighted by Crippen LogP contribution is 2.07. The van der Waals surface area contributed by atoms with E-state index < -0.39 is 0 Å². The van der Waals surface area contributed by atoms with E-state index in [0.29, 0.717) is 13.2 Å². The predicted octanol–water partition coefficient (Wildman–Crippen LogP) is 2.62. The van der Waals surface area contributed by atoms with Gasteiger partial charge >= 0.3 is 0 Å². The van der Waals surface area contributed by atoms with Crippen LogP contribution in [0, 0.1) is 0 Å². The molecule has 0 atom stereocenters. The molecule has 0 N–H and O–H groups in total. The normalized spacial score (nSPS) is 9.31. The number of hydrogen-bond donors (Lipinski definition) is 0. The number of ether oxygens (including phenoxy) is 2. The van der Waals surface area contributed by atoms with E-state index in [1.165, 1.54) is 0 Å². The first-order chi connectivity index (χ1) is 6.29. The molecule has 13 heavy (non-hydrogen) atoms. The fourth-order valence-corrected chi connectivity index (χ4v) is 0.892. The summed E-state index contributed by atoms with van der Waals surface area (Å²) in [6.45, 7) is 6.54. The third-order valence-corrected chi connectivity index (χ3v) is 1.44. The molecule has 0 heterocycles. The maximum atomic E-state index is 5.39. The molecule has 0 amide bonds. The highest BCUT2D eigenvalue weighted by atomic mass is 16.5. The van der Waals surface area contributed by atoms with Crippen LogP contribution in [0.15, 0.2) is 42.7 Å². The van der Waals surface area contributed by atoms with Gasteiger partial charge in [0.15, 0.2) is 0 Å². The Labute approximate surface area is 78.8 Å². The molecule has 70 valence electrons. The Balaban J connectivity index is 2.17. The van der Waals surface area contributed by atoms with Crippen LogP contribution >= 0.6 is 0 Å². The Morgan fingerprint density at radius 2 is 1.92 bits per heavy atom. The minimum Gasteiger partial charge on any atom is -0.495 e. The van der Waals surface area contributed by atoms with Crippen LogP contribution < -0.4 is 4.74 Å². The molecule has 0 aliphatic heterocycles. The molecule has 0 saturated heterocycles. The Morgan fingerprint density at radius 1 is 1.23 bits per heavy atom. The molecular weight excluding hydrogens is 164 g/mol. The molecule has 0 bridgehead atoms. The van der Waals surface area contributed by atoms with Crippen LogP contribution in [0.1, 0.15) is 6.92 Å². The Kier molecular flexibility index (Phi) is 3.89. The molecule has 0 radical (unpaired) electrons. The fourth-order valence-electron chi connectivity index (χ4n) is 0.892. The molecule has 0 fully saturated rings. The summed E-state index contributed by atoms with van der Waals surface area (Å²) < 4.78 is 10.5. The topological polar surface area (TPSA) is 18.5 Å². The molecule has 1 aromatic carbocycles. The lowest BCUT2D eigenvalue weighted by molar-refractivity contribution is 0.158. The summed E-state index contributed by atoms with van der Waals surface area (Å²) in [6.07, 6.45) is 0. The molecule has 1 aromatic rings. The summed E-state index contributed by atoms with van der Waals surface area (Å²) in [6, 6.07) is 9.67. The monoisotopic (exact) mass is 178 g/mol. The van der Waals surface area contributed by atoms with Gasteiger partial charge in [0.1, 0.15) is 19.0 Å². The van der Waals surface area contributed by atoms with Gasteiger partial charge in [-0.1, -0.05) is 24.8 Å². The lowest BCUT2D eigenvalue weighted by atomic mass is 10.3. The van der Waals surface area contributed by atoms with E-state index in [9.17, 15) is 0 Å². The molecule has 0 saturated carbocycles. The number of rotatable bonds is 5. The average Bonchev–Trinajstić information content (AvgIpc) is 2.14. The van der Waals surface area contributed by atoms with Crippen LogP contribution in [-0.2, 0) is 4.74 Å². The molecule has 0 aliphatic rings. The first-order valence-electron chi connectivity index (χ1n) is 4.25. The first-order valence-corrected chi connectivity index (χ1v) is 4.25. The highest BCUT2D eigenvalue weighted by molar-refractivity contribution is 5.20. The Morgan fingerprint density at radius 3 is 2.54 bits per heavy atom. The third kappa shape index (κ3) is 4.21. The Hall–Kier alpha value is -1.44. The molecular formula is C11H14O2. The minimum atomic E-state index is 0.546. The largest absolute Gasteiger partial charge is 0.495 e. The summed E-state index contributed by atoms with van der Waals surface area (Å²) in [5, 5.41) is 0. The van der Waals surface area contributed by atoms with Crippen molar-refractivity contribution >= 4 is 0 Å². The second kappa shape index (κ2) is 5.25. The van der Waals surface area contributed by atoms with Crippen molar-refractivity contribution in [2.24, 2.45) is 0 Å². The van der Waals surface area contributed by atoms with Gasteiger partial charge in [0.2, 0.25) is 0 Å². The molecule has 1 rings (SSSR count). The Bertz CT molecular complexity index is 254. The van der Waals surface area contributed by atoms with Crippen molar-refractivity contribution in [1.29, 1.82) is 0 Å². The number of hydrogen-bond acceptors (Lipinski definition) is 2. The lowest BCUT2D eigenvalue weighted by Crippen LogP contribution is -2.05. The second-order valence-corrected chi connectivity index (χ2v) is 2.71. The molecule has 2 heteroatoms. The SMILES string of the molecule is C=C(C)OCCOc1ccccc1. The van der Waals surface area contributed by atoms with Crippen LogP contribution in [0.2, 0.25) is 0 Å². The zero-order valence-electron chi connectivity index (χ0n) is 7.82. The van der Waals surface area contributed by atoms with Gasteiger partial charge in [-0.3, -0.25) is 0 Å². The lowest BCUT2D eigenvalue weighted by Gasteiger charge is -2.06. The quantitative estimate of drug-likeness (QED) is 0.509. The zero-order valence-corrected chi connectivity index (χ0v) is 7.82. The van der Waals surface area contributed by atoms with Crippen LogP contribution in [0.4, 0.5) is 0 Å². The number of allylic oxidation sites excluding steroid dienone is 1. The van der Waals surface area contributed by atoms with Crippen LogP contribution in [0.25, 0.3) is 0 Å². The van der Waals surface area contributed by atoms with Gasteiger partial charge in [0, 0.05) is 0 Å². The molecule has 2 nitrogen and oxygen atoms in total. The van der Waals surface area contributed by atoms with Crippen molar-refractivity contribution in [3.8, 4) is 5.75 Å². The van der Waals surface area contributed by atoms with E-state index >= 15 is 0 Å². The minimum absolute atomic E-state index is 0.546. The van der Waals surface area contributed by atoms with Gasteiger partial charge in [-0.05, 0) is 19.1 Å². The van der Waals surface area contributed by atoms with Crippen LogP contribution in [-0.4, -0.2) is 13.2 Å². The standard InChI is InChI=1S/C11H14O2/c1-10(2)12-8-9-13-11-6-4-3-5-7-11/h3-7H,1,8-9H2,2H3. The van der Waals surface area contributed by atoms with Crippen molar-refractivity contribution in [1.82, 2.24) is 0 Å². The van der Waals surface area contributed by atoms with Crippen molar-refractivity contribution in [2.45, 2.75) is 6.92 Å². The highest BCUT2D eigenvalue weighted by Gasteiger charge is 1.91. The van der Waals surface area contributed by atoms with E-state index in [4.69, 9.17) is 9.47 Å². The van der Waals surface area contributed by atoms with Gasteiger partial charge in [0.25, 0.3) is 0 Å². The number of para-hydroxylation sites is 1. The fraction of sp³-hybridized carbons (Fsp3) is 0.273. The van der Waals surface area contributed by atoms with E-state index in [1.807, 2.05) is 37.3 Å². The summed E-state index contributed by atoms with van der Waals surface area (Å²) in [5.41, 5.74) is 0. The molecule has 0 aliphatic carbocycles. The summed E-state index contributed by atoms with van der Waals surface area (Å²) in [4.78, 5) is 0. The van der Waals surface area contributed by atoms with E-state index in [-0.39, 0.29) is 0 Å². The van der Waals surface area contributed by atoms with Crippen LogP contribution in [0.3, 0.4) is 0 Å². The van der Waals surface area contributed by atoms with Crippen LogP contribution in [0.5, 0.6) is 5.75 Å². The predicted molar refractivity (Wildman–Crippen MR) is 52.7 cm³/mol. The summed E-state index contributed by atoms with van der Waals surface area (Å²) >= 11 is 0. The summed E-state index contributed by atoms with van der Waals surface area (Å²) in [5.74, 6) is 1.59. The zero-order chi connectivity index (χ0) is 9.52. The maximum Gasteiger partial charge on any atom is 0.122 e. The smallest absolute Gasteiger partial charge is 0.122 e.